The van der Waals surface area contributed by atoms with Crippen molar-refractivity contribution in [2.45, 2.75) is 72.1 Å². The molecule has 0 amide bonds. The maximum absolute atomic E-state index is 2.55. The van der Waals surface area contributed by atoms with Gasteiger partial charge in [0.1, 0.15) is 6.54 Å². The summed E-state index contributed by atoms with van der Waals surface area (Å²) in [5.41, 5.74) is 9.67. The van der Waals surface area contributed by atoms with Gasteiger partial charge in [0.15, 0.2) is 5.71 Å². The summed E-state index contributed by atoms with van der Waals surface area (Å²) in [7, 11) is 0. The highest BCUT2D eigenvalue weighted by atomic mass is 15.2. The second-order valence-corrected chi connectivity index (χ2v) is 11.6. The highest BCUT2D eigenvalue weighted by Gasteiger charge is 2.45. The van der Waals surface area contributed by atoms with Crippen LogP contribution in [0.2, 0.25) is 0 Å². The standard InChI is InChI=1S/C34H41N2/c1-8-21-35-28-19-17-24(3)23-27(28)33(4,5)30(35)15-12-16-31-34(6,7)32-26-14-11-10-13-25(26)18-20-29(32)36(31)22-9-2/h10-20,23H,8-9,21-22H2,1-7H3/q+1. The van der Waals surface area contributed by atoms with Crippen LogP contribution in [0.15, 0.2) is 78.5 Å². The van der Waals surface area contributed by atoms with Crippen molar-refractivity contribution in [1.82, 2.24) is 0 Å². The minimum Gasteiger partial charge on any atom is -0.344 e. The molecule has 2 aliphatic rings. The fourth-order valence-corrected chi connectivity index (χ4v) is 6.48. The zero-order valence-corrected chi connectivity index (χ0v) is 23.2. The van der Waals surface area contributed by atoms with Crippen molar-refractivity contribution in [2.75, 3.05) is 18.0 Å². The smallest absolute Gasteiger partial charge is 0.210 e. The second kappa shape index (κ2) is 9.07. The van der Waals surface area contributed by atoms with E-state index in [1.54, 1.807) is 0 Å². The van der Waals surface area contributed by atoms with Crippen molar-refractivity contribution < 1.29 is 4.58 Å². The van der Waals surface area contributed by atoms with Gasteiger partial charge in [0.25, 0.3) is 0 Å². The molecule has 2 heterocycles. The van der Waals surface area contributed by atoms with Gasteiger partial charge in [-0.3, -0.25) is 0 Å². The number of benzene rings is 3. The van der Waals surface area contributed by atoms with E-state index >= 15 is 0 Å². The molecule has 0 aromatic heterocycles. The van der Waals surface area contributed by atoms with Crippen LogP contribution >= 0.6 is 0 Å². The number of aryl methyl sites for hydroxylation is 1. The summed E-state index contributed by atoms with van der Waals surface area (Å²) in [6.45, 7) is 18.3. The van der Waals surface area contributed by atoms with Crippen molar-refractivity contribution in [3.63, 3.8) is 0 Å². The Labute approximate surface area is 217 Å². The van der Waals surface area contributed by atoms with E-state index in [4.69, 9.17) is 0 Å². The Morgan fingerprint density at radius 1 is 0.889 bits per heavy atom. The summed E-state index contributed by atoms with van der Waals surface area (Å²) in [5.74, 6) is 0. The summed E-state index contributed by atoms with van der Waals surface area (Å²) >= 11 is 0. The van der Waals surface area contributed by atoms with Gasteiger partial charge >= 0.3 is 0 Å². The Morgan fingerprint density at radius 2 is 1.67 bits per heavy atom. The number of rotatable bonds is 6. The first-order valence-corrected chi connectivity index (χ1v) is 13.7. The molecule has 2 heteroatoms. The van der Waals surface area contributed by atoms with Crippen molar-refractivity contribution in [3.8, 4) is 0 Å². The van der Waals surface area contributed by atoms with Crippen molar-refractivity contribution in [2.24, 2.45) is 0 Å². The van der Waals surface area contributed by atoms with Gasteiger partial charge in [0.2, 0.25) is 5.69 Å². The zero-order chi connectivity index (χ0) is 25.7. The number of allylic oxidation sites excluding steroid dienone is 4. The van der Waals surface area contributed by atoms with E-state index in [2.05, 4.69) is 131 Å². The lowest BCUT2D eigenvalue weighted by Gasteiger charge is -2.26. The van der Waals surface area contributed by atoms with E-state index in [1.807, 2.05) is 0 Å². The van der Waals surface area contributed by atoms with Crippen LogP contribution in [-0.2, 0) is 10.8 Å². The third-order valence-electron chi connectivity index (χ3n) is 8.20. The average molecular weight is 478 g/mol. The van der Waals surface area contributed by atoms with E-state index in [9.17, 15) is 0 Å². The van der Waals surface area contributed by atoms with Gasteiger partial charge < -0.3 is 4.90 Å². The van der Waals surface area contributed by atoms with Gasteiger partial charge in [-0.05, 0) is 61.7 Å². The van der Waals surface area contributed by atoms with Crippen LogP contribution < -0.4 is 4.90 Å². The summed E-state index contributed by atoms with van der Waals surface area (Å²) in [6.07, 6.45) is 9.31. The highest BCUT2D eigenvalue weighted by molar-refractivity contribution is 6.07. The van der Waals surface area contributed by atoms with Gasteiger partial charge in [-0.25, -0.2) is 0 Å². The van der Waals surface area contributed by atoms with Crippen LogP contribution in [0.25, 0.3) is 10.8 Å². The molecule has 186 valence electrons. The van der Waals surface area contributed by atoms with Gasteiger partial charge in [0.05, 0.1) is 5.41 Å². The molecule has 0 atom stereocenters. The molecule has 0 saturated heterocycles. The van der Waals surface area contributed by atoms with E-state index < -0.39 is 0 Å². The molecule has 2 nitrogen and oxygen atoms in total. The Balaban J connectivity index is 1.59. The number of hydrogen-bond donors (Lipinski definition) is 0. The summed E-state index contributed by atoms with van der Waals surface area (Å²) < 4.78 is 2.55. The van der Waals surface area contributed by atoms with Crippen LogP contribution in [0.5, 0.6) is 0 Å². The zero-order valence-electron chi connectivity index (χ0n) is 23.2. The van der Waals surface area contributed by atoms with E-state index in [0.29, 0.717) is 0 Å². The van der Waals surface area contributed by atoms with Crippen molar-refractivity contribution in [3.05, 3.63) is 95.2 Å². The lowest BCUT2D eigenvalue weighted by molar-refractivity contribution is -0.437. The van der Waals surface area contributed by atoms with Gasteiger partial charge in [0, 0.05) is 47.5 Å². The molecule has 0 unspecified atom stereocenters. The molecule has 0 aliphatic carbocycles. The SMILES string of the molecule is CCCN1/C(=C\C=C\C2=[N+](CCC)c3ccc4ccccc4c3C2(C)C)C(C)(C)c2cc(C)ccc21. The van der Waals surface area contributed by atoms with Gasteiger partial charge in [-0.2, -0.15) is 4.58 Å². The molecule has 5 rings (SSSR count). The van der Waals surface area contributed by atoms with Crippen LogP contribution in [0.4, 0.5) is 11.4 Å². The Bertz CT molecular complexity index is 1410. The van der Waals surface area contributed by atoms with Crippen LogP contribution in [0, 0.1) is 6.92 Å². The number of fused-ring (bicyclic) bond motifs is 4. The first-order valence-electron chi connectivity index (χ1n) is 13.7. The minimum absolute atomic E-state index is 0.0149. The molecule has 0 bridgehead atoms. The van der Waals surface area contributed by atoms with Crippen molar-refractivity contribution in [1.29, 1.82) is 0 Å². The molecule has 2 aliphatic heterocycles. The fourth-order valence-electron chi connectivity index (χ4n) is 6.48. The Hall–Kier alpha value is -3.13. The Kier molecular flexibility index (Phi) is 6.19. The molecule has 3 aromatic rings. The first-order chi connectivity index (χ1) is 17.2. The van der Waals surface area contributed by atoms with Crippen LogP contribution in [0.1, 0.15) is 71.1 Å². The summed E-state index contributed by atoms with van der Waals surface area (Å²) in [5, 5.41) is 2.70. The Morgan fingerprint density at radius 3 is 2.42 bits per heavy atom. The first kappa shape index (κ1) is 24.6. The topological polar surface area (TPSA) is 6.25 Å². The normalized spacial score (nSPS) is 19.1. The number of nitrogens with zero attached hydrogens (tertiary/aromatic N) is 2. The van der Waals surface area contributed by atoms with E-state index in [-0.39, 0.29) is 10.8 Å². The maximum atomic E-state index is 2.55. The maximum Gasteiger partial charge on any atom is 0.210 e. The quantitative estimate of drug-likeness (QED) is 0.322. The third kappa shape index (κ3) is 3.74. The van der Waals surface area contributed by atoms with E-state index in [0.717, 1.165) is 25.9 Å². The van der Waals surface area contributed by atoms with Gasteiger partial charge in [-0.15, -0.1) is 0 Å². The highest BCUT2D eigenvalue weighted by Crippen LogP contribution is 2.48. The lowest BCUT2D eigenvalue weighted by Crippen LogP contribution is -2.28. The predicted octanol–water partition coefficient (Wildman–Crippen LogP) is 8.58. The molecule has 0 N–H and O–H groups in total. The summed E-state index contributed by atoms with van der Waals surface area (Å²) in [6, 6.07) is 20.4. The monoisotopic (exact) mass is 477 g/mol. The minimum atomic E-state index is -0.0608. The molecule has 0 saturated carbocycles. The number of anilines is 1. The largest absolute Gasteiger partial charge is 0.344 e. The molecule has 0 spiro atoms. The molecular weight excluding hydrogens is 436 g/mol. The van der Waals surface area contributed by atoms with Crippen LogP contribution in [0.3, 0.4) is 0 Å². The molecular formula is C34H41N2+. The molecule has 36 heavy (non-hydrogen) atoms. The lowest BCUT2D eigenvalue weighted by atomic mass is 9.79. The fraction of sp³-hybridized carbons (Fsp3) is 0.382. The van der Waals surface area contributed by atoms with Gasteiger partial charge in [-0.1, -0.05) is 75.7 Å². The molecule has 3 aromatic carbocycles. The third-order valence-corrected chi connectivity index (χ3v) is 8.20. The van der Waals surface area contributed by atoms with Crippen LogP contribution in [-0.4, -0.2) is 23.4 Å². The number of hydrogen-bond acceptors (Lipinski definition) is 1. The molecule has 0 radical (unpaired) electrons. The van der Waals surface area contributed by atoms with E-state index in [1.165, 1.54) is 50.2 Å². The predicted molar refractivity (Wildman–Crippen MR) is 156 cm³/mol. The average Bonchev–Trinajstić information content (AvgIpc) is 3.19. The second-order valence-electron chi connectivity index (χ2n) is 11.6. The van der Waals surface area contributed by atoms with Crippen molar-refractivity contribution >= 4 is 27.9 Å². The summed E-state index contributed by atoms with van der Waals surface area (Å²) in [4.78, 5) is 2.54. The molecule has 0 fully saturated rings.